The number of benzene rings is 2. The summed E-state index contributed by atoms with van der Waals surface area (Å²) >= 11 is 3.40. The maximum Gasteiger partial charge on any atom is 0.259 e. The summed E-state index contributed by atoms with van der Waals surface area (Å²) in [6.45, 7) is 3.85. The number of rotatable bonds is 6. The van der Waals surface area contributed by atoms with Gasteiger partial charge in [0.25, 0.3) is 11.4 Å². The van der Waals surface area contributed by atoms with E-state index in [9.17, 15) is 9.59 Å². The minimum absolute atomic E-state index is 0.127. The third-order valence-corrected chi connectivity index (χ3v) is 5.61. The lowest BCUT2D eigenvalue weighted by molar-refractivity contribution is -0.116. The standard InChI is InChI=1S/C24H21BrN4O3/c1-3-16-6-4-5-15(2)22(16)26-20(30)14-29-13-18(9-12-21(29)31)24-27-23(28-32-24)17-7-10-19(25)11-8-17/h4-13H,3,14H2,1-2H3,(H,26,30). The SMILES string of the molecule is CCc1cccc(C)c1NC(=O)Cn1cc(-c2nc(-c3ccc(Br)cc3)no2)ccc1=O. The highest BCUT2D eigenvalue weighted by Crippen LogP contribution is 2.23. The Morgan fingerprint density at radius 2 is 1.84 bits per heavy atom. The second kappa shape index (κ2) is 9.32. The number of hydrogen-bond donors (Lipinski definition) is 1. The molecule has 2 heterocycles. The van der Waals surface area contributed by atoms with Crippen LogP contribution in [0.15, 0.2) is 74.6 Å². The van der Waals surface area contributed by atoms with Gasteiger partial charge < -0.3 is 14.4 Å². The average molecular weight is 493 g/mol. The number of nitrogens with zero attached hydrogens (tertiary/aromatic N) is 3. The van der Waals surface area contributed by atoms with Crippen molar-refractivity contribution in [2.45, 2.75) is 26.8 Å². The molecule has 0 saturated carbocycles. The van der Waals surface area contributed by atoms with Crippen LogP contribution in [0, 0.1) is 6.92 Å². The van der Waals surface area contributed by atoms with Crippen molar-refractivity contribution in [1.29, 1.82) is 0 Å². The third kappa shape index (κ3) is 4.70. The zero-order chi connectivity index (χ0) is 22.7. The predicted octanol–water partition coefficient (Wildman–Crippen LogP) is 4.84. The Kier molecular flexibility index (Phi) is 6.32. The summed E-state index contributed by atoms with van der Waals surface area (Å²) in [5, 5.41) is 6.96. The molecule has 162 valence electrons. The molecule has 2 aromatic carbocycles. The average Bonchev–Trinajstić information content (AvgIpc) is 3.27. The number of para-hydroxylation sites is 1. The maximum atomic E-state index is 12.7. The van der Waals surface area contributed by atoms with E-state index in [-0.39, 0.29) is 23.9 Å². The summed E-state index contributed by atoms with van der Waals surface area (Å²) in [4.78, 5) is 29.5. The second-order valence-electron chi connectivity index (χ2n) is 7.32. The van der Waals surface area contributed by atoms with Crippen LogP contribution < -0.4 is 10.9 Å². The van der Waals surface area contributed by atoms with Crippen molar-refractivity contribution in [3.63, 3.8) is 0 Å². The smallest absolute Gasteiger partial charge is 0.259 e. The van der Waals surface area contributed by atoms with Crippen molar-refractivity contribution < 1.29 is 9.32 Å². The van der Waals surface area contributed by atoms with Crippen molar-refractivity contribution in [3.8, 4) is 22.8 Å². The van der Waals surface area contributed by atoms with Gasteiger partial charge in [-0.3, -0.25) is 9.59 Å². The Morgan fingerprint density at radius 3 is 2.59 bits per heavy atom. The van der Waals surface area contributed by atoms with E-state index in [1.165, 1.54) is 10.6 Å². The van der Waals surface area contributed by atoms with Crippen molar-refractivity contribution in [2.75, 3.05) is 5.32 Å². The first-order valence-corrected chi connectivity index (χ1v) is 10.9. The molecule has 0 aliphatic heterocycles. The van der Waals surface area contributed by atoms with Gasteiger partial charge in [0, 0.05) is 28.0 Å². The minimum Gasteiger partial charge on any atom is -0.334 e. The third-order valence-electron chi connectivity index (χ3n) is 5.08. The van der Waals surface area contributed by atoms with Gasteiger partial charge in [0.15, 0.2) is 0 Å². The highest BCUT2D eigenvalue weighted by Gasteiger charge is 2.14. The molecule has 0 atom stereocenters. The largest absolute Gasteiger partial charge is 0.334 e. The number of aryl methyl sites for hydroxylation is 2. The van der Waals surface area contributed by atoms with Gasteiger partial charge in [-0.05, 0) is 54.8 Å². The number of hydrogen-bond acceptors (Lipinski definition) is 5. The summed E-state index contributed by atoms with van der Waals surface area (Å²) in [5.41, 5.74) is 3.88. The maximum absolute atomic E-state index is 12.7. The van der Waals surface area contributed by atoms with E-state index in [4.69, 9.17) is 4.52 Å². The molecule has 32 heavy (non-hydrogen) atoms. The van der Waals surface area contributed by atoms with E-state index in [1.807, 2.05) is 56.3 Å². The van der Waals surface area contributed by atoms with Crippen LogP contribution in [0.25, 0.3) is 22.8 Å². The van der Waals surface area contributed by atoms with Crippen molar-refractivity contribution >= 4 is 27.5 Å². The lowest BCUT2D eigenvalue weighted by Crippen LogP contribution is -2.27. The molecule has 1 N–H and O–H groups in total. The molecule has 0 radical (unpaired) electrons. The molecular weight excluding hydrogens is 472 g/mol. The van der Waals surface area contributed by atoms with E-state index >= 15 is 0 Å². The van der Waals surface area contributed by atoms with Gasteiger partial charge in [-0.2, -0.15) is 4.98 Å². The molecule has 0 spiro atoms. The molecule has 1 amide bonds. The van der Waals surface area contributed by atoms with Crippen LogP contribution in [0.3, 0.4) is 0 Å². The molecule has 0 fully saturated rings. The van der Waals surface area contributed by atoms with Gasteiger partial charge in [0.05, 0.1) is 5.56 Å². The highest BCUT2D eigenvalue weighted by molar-refractivity contribution is 9.10. The van der Waals surface area contributed by atoms with E-state index in [1.54, 1.807) is 12.3 Å². The fraction of sp³-hybridized carbons (Fsp3) is 0.167. The van der Waals surface area contributed by atoms with Gasteiger partial charge in [-0.15, -0.1) is 0 Å². The van der Waals surface area contributed by atoms with Crippen LogP contribution in [0.1, 0.15) is 18.1 Å². The summed E-state index contributed by atoms with van der Waals surface area (Å²) in [6.07, 6.45) is 2.35. The Morgan fingerprint density at radius 1 is 1.09 bits per heavy atom. The molecular formula is C24H21BrN4O3. The Labute approximate surface area is 193 Å². The van der Waals surface area contributed by atoms with E-state index in [0.29, 0.717) is 11.4 Å². The van der Waals surface area contributed by atoms with E-state index in [2.05, 4.69) is 31.4 Å². The molecule has 0 unspecified atom stereocenters. The number of aromatic nitrogens is 3. The molecule has 4 aromatic rings. The van der Waals surface area contributed by atoms with Gasteiger partial charge in [0.1, 0.15) is 6.54 Å². The van der Waals surface area contributed by atoms with Gasteiger partial charge in [-0.1, -0.05) is 46.2 Å². The van der Waals surface area contributed by atoms with Crippen molar-refractivity contribution in [1.82, 2.24) is 14.7 Å². The molecule has 2 aromatic heterocycles. The van der Waals surface area contributed by atoms with Gasteiger partial charge in [0.2, 0.25) is 11.7 Å². The first-order chi connectivity index (χ1) is 15.4. The zero-order valence-electron chi connectivity index (χ0n) is 17.6. The summed E-state index contributed by atoms with van der Waals surface area (Å²) < 4.78 is 7.67. The van der Waals surface area contributed by atoms with E-state index < -0.39 is 0 Å². The summed E-state index contributed by atoms with van der Waals surface area (Å²) in [7, 11) is 0. The summed E-state index contributed by atoms with van der Waals surface area (Å²) in [6, 6.07) is 16.4. The number of amides is 1. The quantitative estimate of drug-likeness (QED) is 0.415. The fourth-order valence-corrected chi connectivity index (χ4v) is 3.64. The van der Waals surface area contributed by atoms with Crippen LogP contribution in [-0.4, -0.2) is 20.6 Å². The van der Waals surface area contributed by atoms with Crippen LogP contribution in [-0.2, 0) is 17.8 Å². The van der Waals surface area contributed by atoms with E-state index in [0.717, 1.165) is 33.3 Å². The van der Waals surface area contributed by atoms with Crippen molar-refractivity contribution in [2.24, 2.45) is 0 Å². The number of nitrogens with one attached hydrogen (secondary N) is 1. The normalized spacial score (nSPS) is 10.8. The first kappa shape index (κ1) is 21.7. The number of carbonyl (C=O) groups is 1. The molecule has 0 saturated heterocycles. The number of carbonyl (C=O) groups excluding carboxylic acids is 1. The molecule has 0 aliphatic carbocycles. The van der Waals surface area contributed by atoms with Crippen LogP contribution in [0.5, 0.6) is 0 Å². The first-order valence-electron chi connectivity index (χ1n) is 10.1. The number of pyridine rings is 1. The van der Waals surface area contributed by atoms with Gasteiger partial charge in [-0.25, -0.2) is 0 Å². The monoisotopic (exact) mass is 492 g/mol. The molecule has 0 aliphatic rings. The second-order valence-corrected chi connectivity index (χ2v) is 8.24. The molecule has 0 bridgehead atoms. The lowest BCUT2D eigenvalue weighted by Gasteiger charge is -2.13. The zero-order valence-corrected chi connectivity index (χ0v) is 19.2. The predicted molar refractivity (Wildman–Crippen MR) is 126 cm³/mol. The molecule has 4 rings (SSSR count). The summed E-state index contributed by atoms with van der Waals surface area (Å²) in [5.74, 6) is 0.424. The lowest BCUT2D eigenvalue weighted by atomic mass is 10.1. The number of anilines is 1. The minimum atomic E-state index is -0.294. The number of halogens is 1. The Bertz CT molecular complexity index is 1330. The fourth-order valence-electron chi connectivity index (χ4n) is 3.37. The molecule has 7 nitrogen and oxygen atoms in total. The van der Waals surface area contributed by atoms with Crippen LogP contribution in [0.4, 0.5) is 5.69 Å². The Hall–Kier alpha value is -3.52. The van der Waals surface area contributed by atoms with Crippen LogP contribution in [0.2, 0.25) is 0 Å². The topological polar surface area (TPSA) is 90.0 Å². The van der Waals surface area contributed by atoms with Crippen LogP contribution >= 0.6 is 15.9 Å². The molecule has 8 heteroatoms. The van der Waals surface area contributed by atoms with Gasteiger partial charge >= 0.3 is 0 Å². The van der Waals surface area contributed by atoms with Crippen molar-refractivity contribution in [3.05, 3.63) is 86.7 Å². The Balaban J connectivity index is 1.55. The highest BCUT2D eigenvalue weighted by atomic mass is 79.9.